The van der Waals surface area contributed by atoms with Crippen molar-refractivity contribution in [3.05, 3.63) is 100 Å². The number of sulfonamides is 1. The number of amides is 1. The number of carbonyl (C=O) groups excluding carboxylic acids is 1. The second-order valence-electron chi connectivity index (χ2n) is 7.10. The molecule has 7 nitrogen and oxygen atoms in total. The van der Waals surface area contributed by atoms with E-state index in [1.165, 1.54) is 42.6 Å². The van der Waals surface area contributed by atoms with E-state index in [1.807, 2.05) is 0 Å². The first kappa shape index (κ1) is 22.5. The monoisotopic (exact) mass is 485 g/mol. The molecule has 168 valence electrons. The lowest BCUT2D eigenvalue weighted by molar-refractivity contribution is -0.116. The summed E-state index contributed by atoms with van der Waals surface area (Å²) >= 11 is 6.04. The Kier molecular flexibility index (Phi) is 6.17. The largest absolute Gasteiger partial charge is 0.338 e. The number of rotatable bonds is 6. The lowest BCUT2D eigenvalue weighted by Crippen LogP contribution is -2.22. The van der Waals surface area contributed by atoms with Gasteiger partial charge in [0.05, 0.1) is 16.9 Å². The van der Waals surface area contributed by atoms with Gasteiger partial charge in [-0.15, -0.1) is 0 Å². The van der Waals surface area contributed by atoms with E-state index in [1.54, 1.807) is 28.8 Å². The molecule has 0 spiro atoms. The zero-order valence-corrected chi connectivity index (χ0v) is 18.5. The van der Waals surface area contributed by atoms with Gasteiger partial charge in [0.2, 0.25) is 5.91 Å². The van der Waals surface area contributed by atoms with E-state index < -0.39 is 26.6 Å². The molecule has 1 heterocycles. The first-order valence-corrected chi connectivity index (χ1v) is 11.6. The van der Waals surface area contributed by atoms with Gasteiger partial charge in [-0.05, 0) is 42.5 Å². The van der Waals surface area contributed by atoms with E-state index in [2.05, 4.69) is 10.0 Å². The fraction of sp³-hybridized carbons (Fsp3) is 0.0435. The van der Waals surface area contributed by atoms with Crippen LogP contribution >= 0.6 is 11.6 Å². The van der Waals surface area contributed by atoms with Gasteiger partial charge in [0.15, 0.2) is 5.43 Å². The molecule has 0 atom stereocenters. The third kappa shape index (κ3) is 4.89. The van der Waals surface area contributed by atoms with Crippen molar-refractivity contribution in [3.8, 4) is 0 Å². The van der Waals surface area contributed by atoms with Crippen LogP contribution in [0.25, 0.3) is 10.9 Å². The number of pyridine rings is 1. The molecule has 2 N–H and O–H groups in total. The van der Waals surface area contributed by atoms with Crippen molar-refractivity contribution < 1.29 is 17.6 Å². The highest BCUT2D eigenvalue weighted by Crippen LogP contribution is 2.29. The highest BCUT2D eigenvalue weighted by molar-refractivity contribution is 7.92. The maximum atomic E-state index is 14.0. The highest BCUT2D eigenvalue weighted by Gasteiger charge is 2.21. The minimum Gasteiger partial charge on any atom is -0.338 e. The summed E-state index contributed by atoms with van der Waals surface area (Å²) in [6, 6.07) is 17.4. The number of hydrogen-bond acceptors (Lipinski definition) is 4. The molecule has 1 amide bonds. The molecule has 3 aromatic carbocycles. The van der Waals surface area contributed by atoms with Crippen LogP contribution in [-0.4, -0.2) is 18.9 Å². The van der Waals surface area contributed by atoms with Crippen molar-refractivity contribution in [1.29, 1.82) is 0 Å². The van der Waals surface area contributed by atoms with Crippen LogP contribution in [0, 0.1) is 5.82 Å². The smallest absolute Gasteiger partial charge is 0.264 e. The van der Waals surface area contributed by atoms with Gasteiger partial charge in [-0.3, -0.25) is 14.3 Å². The van der Waals surface area contributed by atoms with E-state index in [0.717, 1.165) is 12.1 Å². The Morgan fingerprint density at radius 3 is 2.48 bits per heavy atom. The quantitative estimate of drug-likeness (QED) is 0.427. The van der Waals surface area contributed by atoms with Gasteiger partial charge < -0.3 is 9.88 Å². The lowest BCUT2D eigenvalue weighted by Gasteiger charge is -2.15. The molecule has 0 aliphatic heterocycles. The van der Waals surface area contributed by atoms with Crippen molar-refractivity contribution >= 4 is 49.8 Å². The number of carbonyl (C=O) groups is 1. The van der Waals surface area contributed by atoms with Crippen LogP contribution < -0.4 is 15.5 Å². The van der Waals surface area contributed by atoms with Gasteiger partial charge in [0.25, 0.3) is 10.0 Å². The van der Waals surface area contributed by atoms with Crippen LogP contribution in [0.1, 0.15) is 0 Å². The molecule has 4 aromatic rings. The molecule has 4 rings (SSSR count). The summed E-state index contributed by atoms with van der Waals surface area (Å²) in [5.74, 6) is -1.40. The minimum atomic E-state index is -4.27. The fourth-order valence-corrected chi connectivity index (χ4v) is 4.65. The van der Waals surface area contributed by atoms with Gasteiger partial charge >= 0.3 is 0 Å². The predicted molar refractivity (Wildman–Crippen MR) is 125 cm³/mol. The molecule has 0 bridgehead atoms. The maximum absolute atomic E-state index is 14.0. The van der Waals surface area contributed by atoms with Gasteiger partial charge in [-0.1, -0.05) is 35.9 Å². The number of halogens is 2. The summed E-state index contributed by atoms with van der Waals surface area (Å²) < 4.78 is 43.3. The molecule has 0 fully saturated rings. The summed E-state index contributed by atoms with van der Waals surface area (Å²) in [6.45, 7) is -0.146. The van der Waals surface area contributed by atoms with Crippen LogP contribution in [0.5, 0.6) is 0 Å². The predicted octanol–water partition coefficient (Wildman–Crippen LogP) is 4.23. The number of benzene rings is 3. The molecule has 0 saturated carbocycles. The van der Waals surface area contributed by atoms with Crippen LogP contribution in [0.3, 0.4) is 0 Å². The van der Waals surface area contributed by atoms with E-state index in [9.17, 15) is 22.4 Å². The Labute approximate surface area is 193 Å². The van der Waals surface area contributed by atoms with Crippen LogP contribution in [0.2, 0.25) is 5.02 Å². The van der Waals surface area contributed by atoms with E-state index >= 15 is 0 Å². The number of nitrogens with one attached hydrogen (secondary N) is 2. The second kappa shape index (κ2) is 9.05. The third-order valence-corrected chi connectivity index (χ3v) is 6.46. The highest BCUT2D eigenvalue weighted by atomic mass is 35.5. The maximum Gasteiger partial charge on any atom is 0.264 e. The van der Waals surface area contributed by atoms with Crippen molar-refractivity contribution in [2.75, 3.05) is 10.0 Å². The molecule has 0 radical (unpaired) electrons. The molecular formula is C23H17ClFN3O4S. The number of nitrogens with zero attached hydrogens (tertiary/aromatic N) is 1. The van der Waals surface area contributed by atoms with Gasteiger partial charge in [-0.2, -0.15) is 0 Å². The first-order valence-electron chi connectivity index (χ1n) is 9.69. The lowest BCUT2D eigenvalue weighted by atomic mass is 10.2. The molecule has 0 aliphatic rings. The van der Waals surface area contributed by atoms with Crippen LogP contribution in [0.4, 0.5) is 15.8 Å². The topological polar surface area (TPSA) is 97.3 Å². The molecule has 0 aliphatic carbocycles. The van der Waals surface area contributed by atoms with Crippen LogP contribution in [-0.2, 0) is 21.4 Å². The van der Waals surface area contributed by atoms with Crippen molar-refractivity contribution in [1.82, 2.24) is 4.57 Å². The summed E-state index contributed by atoms with van der Waals surface area (Å²) in [5.41, 5.74) is 0.521. The molecular weight excluding hydrogens is 469 g/mol. The Hall–Kier alpha value is -3.69. The average Bonchev–Trinajstić information content (AvgIpc) is 2.78. The summed E-state index contributed by atoms with van der Waals surface area (Å²) in [6.07, 6.45) is 1.50. The normalized spacial score (nSPS) is 11.3. The SMILES string of the molecule is O=C(Cn1ccc(=O)c2ccccc21)Nc1cc(Cl)ccc1NS(=O)(=O)c1ccccc1F. The zero-order chi connectivity index (χ0) is 23.6. The van der Waals surface area contributed by atoms with Crippen molar-refractivity contribution in [3.63, 3.8) is 0 Å². The van der Waals surface area contributed by atoms with E-state index in [4.69, 9.17) is 11.6 Å². The van der Waals surface area contributed by atoms with E-state index in [0.29, 0.717) is 10.9 Å². The minimum absolute atomic E-state index is 0.0146. The van der Waals surface area contributed by atoms with Crippen LogP contribution in [0.15, 0.2) is 88.7 Å². The average molecular weight is 486 g/mol. The number of fused-ring (bicyclic) bond motifs is 1. The van der Waals surface area contributed by atoms with Gasteiger partial charge in [0.1, 0.15) is 17.3 Å². The Morgan fingerprint density at radius 2 is 1.70 bits per heavy atom. The summed E-state index contributed by atoms with van der Waals surface area (Å²) in [4.78, 5) is 24.3. The first-order chi connectivity index (χ1) is 15.7. The van der Waals surface area contributed by atoms with E-state index in [-0.39, 0.29) is 28.4 Å². The van der Waals surface area contributed by atoms with Crippen molar-refractivity contribution in [2.45, 2.75) is 11.4 Å². The Bertz CT molecular complexity index is 1540. The standard InChI is InChI=1S/C23H17ClFN3O4S/c24-15-9-10-18(27-33(31,32)22-8-4-2-6-17(22)25)19(13-15)26-23(30)14-28-12-11-21(29)16-5-1-3-7-20(16)28/h1-13,27H,14H2,(H,26,30). The molecule has 33 heavy (non-hydrogen) atoms. The number of hydrogen-bond donors (Lipinski definition) is 2. The zero-order valence-electron chi connectivity index (χ0n) is 17.0. The number of aromatic nitrogens is 1. The Morgan fingerprint density at radius 1 is 0.970 bits per heavy atom. The summed E-state index contributed by atoms with van der Waals surface area (Å²) in [5, 5.41) is 3.35. The Balaban J connectivity index is 1.61. The third-order valence-electron chi connectivity index (χ3n) is 4.82. The number of anilines is 2. The van der Waals surface area contributed by atoms with Gasteiger partial charge in [-0.25, -0.2) is 12.8 Å². The van der Waals surface area contributed by atoms with Gasteiger partial charge in [0, 0.05) is 22.7 Å². The molecule has 0 unspecified atom stereocenters. The summed E-state index contributed by atoms with van der Waals surface area (Å²) in [7, 11) is -4.27. The fourth-order valence-electron chi connectivity index (χ4n) is 3.31. The molecule has 0 saturated heterocycles. The second-order valence-corrected chi connectivity index (χ2v) is 9.19. The number of para-hydroxylation sites is 1. The molecule has 1 aromatic heterocycles. The van der Waals surface area contributed by atoms with Crippen molar-refractivity contribution in [2.24, 2.45) is 0 Å². The molecule has 10 heteroatoms.